The van der Waals surface area contributed by atoms with E-state index in [1.807, 2.05) is 0 Å². The van der Waals surface area contributed by atoms with Crippen LogP contribution in [0.3, 0.4) is 0 Å². The molecule has 2 N–H and O–H groups in total. The molecule has 1 atom stereocenters. The van der Waals surface area contributed by atoms with Gasteiger partial charge < -0.3 is 10.4 Å². The van der Waals surface area contributed by atoms with Crippen LogP contribution >= 0.6 is 0 Å². The van der Waals surface area contributed by atoms with E-state index in [1.54, 1.807) is 19.1 Å². The van der Waals surface area contributed by atoms with Gasteiger partial charge in [-0.1, -0.05) is 12.1 Å². The highest BCUT2D eigenvalue weighted by atomic mass is 19.1. The van der Waals surface area contributed by atoms with Crippen molar-refractivity contribution in [3.8, 4) is 0 Å². The van der Waals surface area contributed by atoms with Crippen molar-refractivity contribution in [1.29, 1.82) is 0 Å². The van der Waals surface area contributed by atoms with E-state index in [4.69, 9.17) is 5.11 Å². The molecule has 0 saturated heterocycles. The monoisotopic (exact) mass is 197 g/mol. The molecule has 0 aliphatic rings. The molecular formula is C11H16FNO. The van der Waals surface area contributed by atoms with Gasteiger partial charge in [0.05, 0.1) is 6.10 Å². The van der Waals surface area contributed by atoms with Crippen molar-refractivity contribution in [3.05, 3.63) is 35.6 Å². The zero-order chi connectivity index (χ0) is 10.4. The lowest BCUT2D eigenvalue weighted by atomic mass is 10.1. The number of hydrogen-bond acceptors (Lipinski definition) is 2. The Morgan fingerprint density at radius 2 is 2.00 bits per heavy atom. The lowest BCUT2D eigenvalue weighted by molar-refractivity contribution is 0.191. The van der Waals surface area contributed by atoms with Crippen molar-refractivity contribution in [2.24, 2.45) is 0 Å². The summed E-state index contributed by atoms with van der Waals surface area (Å²) in [7, 11) is 0. The number of benzene rings is 1. The maximum Gasteiger partial charge on any atom is 0.123 e. The third kappa shape index (κ3) is 4.35. The third-order valence-electron chi connectivity index (χ3n) is 1.94. The van der Waals surface area contributed by atoms with E-state index in [2.05, 4.69) is 5.32 Å². The quantitative estimate of drug-likeness (QED) is 0.698. The molecule has 0 spiro atoms. The molecule has 0 unspecified atom stereocenters. The molecule has 0 bridgehead atoms. The lowest BCUT2D eigenvalue weighted by Crippen LogP contribution is -2.26. The summed E-state index contributed by atoms with van der Waals surface area (Å²) in [4.78, 5) is 0. The highest BCUT2D eigenvalue weighted by Gasteiger charge is 1.96. The predicted octanol–water partition coefficient (Wildman–Crippen LogP) is 1.34. The topological polar surface area (TPSA) is 32.3 Å². The number of hydrogen-bond donors (Lipinski definition) is 2. The van der Waals surface area contributed by atoms with Gasteiger partial charge in [0.15, 0.2) is 0 Å². The molecule has 14 heavy (non-hydrogen) atoms. The first kappa shape index (κ1) is 11.1. The number of rotatable bonds is 5. The second kappa shape index (κ2) is 5.73. The maximum atomic E-state index is 12.5. The third-order valence-corrected chi connectivity index (χ3v) is 1.94. The van der Waals surface area contributed by atoms with Crippen LogP contribution in [0.15, 0.2) is 24.3 Å². The Morgan fingerprint density at radius 3 is 2.57 bits per heavy atom. The van der Waals surface area contributed by atoms with Crippen molar-refractivity contribution in [2.75, 3.05) is 13.1 Å². The van der Waals surface area contributed by atoms with Gasteiger partial charge in [-0.2, -0.15) is 0 Å². The lowest BCUT2D eigenvalue weighted by Gasteiger charge is -2.06. The summed E-state index contributed by atoms with van der Waals surface area (Å²) in [6, 6.07) is 6.48. The van der Waals surface area contributed by atoms with Crippen LogP contribution < -0.4 is 5.32 Å². The van der Waals surface area contributed by atoms with Gasteiger partial charge in [-0.15, -0.1) is 0 Å². The number of nitrogens with one attached hydrogen (secondary N) is 1. The molecule has 0 aromatic heterocycles. The Balaban J connectivity index is 2.21. The van der Waals surface area contributed by atoms with Crippen LogP contribution in [-0.2, 0) is 6.42 Å². The van der Waals surface area contributed by atoms with Crippen molar-refractivity contribution in [1.82, 2.24) is 5.32 Å². The van der Waals surface area contributed by atoms with Gasteiger partial charge in [0.25, 0.3) is 0 Å². The van der Waals surface area contributed by atoms with E-state index in [0.717, 1.165) is 18.5 Å². The minimum Gasteiger partial charge on any atom is -0.392 e. The number of halogens is 1. The summed E-state index contributed by atoms with van der Waals surface area (Å²) < 4.78 is 12.5. The Hall–Kier alpha value is -0.930. The summed E-state index contributed by atoms with van der Waals surface area (Å²) in [6.07, 6.45) is 0.538. The smallest absolute Gasteiger partial charge is 0.123 e. The molecule has 78 valence electrons. The summed E-state index contributed by atoms with van der Waals surface area (Å²) >= 11 is 0. The molecule has 0 amide bonds. The molecule has 3 heteroatoms. The van der Waals surface area contributed by atoms with E-state index in [0.29, 0.717) is 6.54 Å². The summed E-state index contributed by atoms with van der Waals surface area (Å²) in [6.45, 7) is 3.14. The Kier molecular flexibility index (Phi) is 4.56. The predicted molar refractivity (Wildman–Crippen MR) is 54.7 cm³/mol. The average Bonchev–Trinajstić information content (AvgIpc) is 2.15. The molecule has 0 saturated carbocycles. The zero-order valence-corrected chi connectivity index (χ0v) is 8.33. The Bertz CT molecular complexity index is 258. The van der Waals surface area contributed by atoms with Crippen LogP contribution in [0.1, 0.15) is 12.5 Å². The fourth-order valence-corrected chi connectivity index (χ4v) is 1.19. The van der Waals surface area contributed by atoms with Crippen LogP contribution in [0, 0.1) is 5.82 Å². The Morgan fingerprint density at radius 1 is 1.36 bits per heavy atom. The first-order valence-corrected chi connectivity index (χ1v) is 4.81. The van der Waals surface area contributed by atoms with Crippen molar-refractivity contribution in [3.63, 3.8) is 0 Å². The van der Waals surface area contributed by atoms with Crippen molar-refractivity contribution >= 4 is 0 Å². The molecule has 0 fully saturated rings. The first-order chi connectivity index (χ1) is 6.68. The second-order valence-corrected chi connectivity index (χ2v) is 3.43. The van der Waals surface area contributed by atoms with Crippen LogP contribution in [0.5, 0.6) is 0 Å². The second-order valence-electron chi connectivity index (χ2n) is 3.43. The van der Waals surface area contributed by atoms with Gasteiger partial charge in [-0.3, -0.25) is 0 Å². The fourth-order valence-electron chi connectivity index (χ4n) is 1.19. The zero-order valence-electron chi connectivity index (χ0n) is 8.33. The highest BCUT2D eigenvalue weighted by molar-refractivity contribution is 5.16. The summed E-state index contributed by atoms with van der Waals surface area (Å²) in [5, 5.41) is 12.1. The molecule has 0 radical (unpaired) electrons. The van der Waals surface area contributed by atoms with Crippen LogP contribution in [-0.4, -0.2) is 24.3 Å². The first-order valence-electron chi connectivity index (χ1n) is 4.81. The molecule has 1 aromatic carbocycles. The minimum absolute atomic E-state index is 0.203. The largest absolute Gasteiger partial charge is 0.392 e. The molecule has 0 aliphatic heterocycles. The summed E-state index contributed by atoms with van der Waals surface area (Å²) in [5.74, 6) is -0.203. The van der Waals surface area contributed by atoms with Crippen LogP contribution in [0.4, 0.5) is 4.39 Å². The van der Waals surface area contributed by atoms with Crippen molar-refractivity contribution in [2.45, 2.75) is 19.4 Å². The van der Waals surface area contributed by atoms with Gasteiger partial charge in [-0.25, -0.2) is 4.39 Å². The van der Waals surface area contributed by atoms with E-state index >= 15 is 0 Å². The minimum atomic E-state index is -0.316. The highest BCUT2D eigenvalue weighted by Crippen LogP contribution is 2.02. The standard InChI is InChI=1S/C11H16FNO/c1-9(14)8-13-7-6-10-2-4-11(12)5-3-10/h2-5,9,13-14H,6-8H2,1H3/t9-/m0/s1. The number of aliphatic hydroxyl groups is 1. The van der Waals surface area contributed by atoms with Gasteiger partial charge >= 0.3 is 0 Å². The van der Waals surface area contributed by atoms with Crippen LogP contribution in [0.2, 0.25) is 0 Å². The van der Waals surface area contributed by atoms with Crippen molar-refractivity contribution < 1.29 is 9.50 Å². The SMILES string of the molecule is C[C@H](O)CNCCc1ccc(F)cc1. The van der Waals surface area contributed by atoms with E-state index in [-0.39, 0.29) is 11.9 Å². The summed E-state index contributed by atoms with van der Waals surface area (Å²) in [5.41, 5.74) is 1.10. The average molecular weight is 197 g/mol. The van der Waals surface area contributed by atoms with E-state index < -0.39 is 0 Å². The number of aliphatic hydroxyl groups excluding tert-OH is 1. The molecule has 2 nitrogen and oxygen atoms in total. The van der Waals surface area contributed by atoms with Gasteiger partial charge in [0.2, 0.25) is 0 Å². The molecule has 1 rings (SSSR count). The van der Waals surface area contributed by atoms with Gasteiger partial charge in [-0.05, 0) is 37.6 Å². The molecule has 0 heterocycles. The van der Waals surface area contributed by atoms with E-state index in [9.17, 15) is 4.39 Å². The van der Waals surface area contributed by atoms with E-state index in [1.165, 1.54) is 12.1 Å². The maximum absolute atomic E-state index is 12.5. The molecule has 0 aliphatic carbocycles. The van der Waals surface area contributed by atoms with Gasteiger partial charge in [0, 0.05) is 6.54 Å². The molecular weight excluding hydrogens is 181 g/mol. The fraction of sp³-hybridized carbons (Fsp3) is 0.455. The van der Waals surface area contributed by atoms with Crippen LogP contribution in [0.25, 0.3) is 0 Å². The normalized spacial score (nSPS) is 12.8. The van der Waals surface area contributed by atoms with Gasteiger partial charge in [0.1, 0.15) is 5.82 Å². The molecule has 1 aromatic rings. The Labute approximate surface area is 83.8 Å².